The fourth-order valence-electron chi connectivity index (χ4n) is 8.47. The van der Waals surface area contributed by atoms with Gasteiger partial charge in [-0.15, -0.1) is 11.3 Å². The third-order valence-corrected chi connectivity index (χ3v) is 12.0. The molecule has 0 atom stereocenters. The van der Waals surface area contributed by atoms with Crippen LogP contribution in [0.2, 0.25) is 0 Å². The van der Waals surface area contributed by atoms with Gasteiger partial charge in [0, 0.05) is 42.1 Å². The van der Waals surface area contributed by atoms with Gasteiger partial charge in [-0.3, -0.25) is 0 Å². The van der Waals surface area contributed by atoms with Crippen LogP contribution in [0, 0.1) is 0 Å². The first-order valence-electron chi connectivity index (χ1n) is 17.7. The van der Waals surface area contributed by atoms with E-state index in [1.165, 1.54) is 75.5 Å². The van der Waals surface area contributed by atoms with E-state index in [9.17, 15) is 0 Å². The molecule has 9 aromatic rings. The van der Waals surface area contributed by atoms with Crippen LogP contribution in [0.3, 0.4) is 0 Å². The summed E-state index contributed by atoms with van der Waals surface area (Å²) in [6.45, 7) is 4.72. The van der Waals surface area contributed by atoms with Crippen LogP contribution in [0.4, 0.5) is 17.1 Å². The SMILES string of the molecule is CC1(C)c2ccccc2-c2c(-c3ccccc3N(c3ccccc3-c3ccc4c(c3)sc3ccccc34)c3cccc4ccccc34)cccc21. The van der Waals surface area contributed by atoms with Gasteiger partial charge in [0.05, 0.1) is 17.1 Å². The summed E-state index contributed by atoms with van der Waals surface area (Å²) in [5, 5.41) is 5.07. The van der Waals surface area contributed by atoms with Gasteiger partial charge in [0.2, 0.25) is 0 Å². The Morgan fingerprint density at radius 3 is 1.84 bits per heavy atom. The molecule has 0 aliphatic heterocycles. The molecule has 0 spiro atoms. The molecule has 2 heteroatoms. The van der Waals surface area contributed by atoms with E-state index in [2.05, 4.69) is 195 Å². The quantitative estimate of drug-likeness (QED) is 0.176. The summed E-state index contributed by atoms with van der Waals surface area (Å²) >= 11 is 1.87. The first-order chi connectivity index (χ1) is 25.1. The smallest absolute Gasteiger partial charge is 0.0540 e. The van der Waals surface area contributed by atoms with Crippen molar-refractivity contribution in [3.8, 4) is 33.4 Å². The van der Waals surface area contributed by atoms with E-state index in [0.29, 0.717) is 0 Å². The Morgan fingerprint density at radius 2 is 0.980 bits per heavy atom. The van der Waals surface area contributed by atoms with E-state index in [0.717, 1.165) is 17.1 Å². The second-order valence-corrected chi connectivity index (χ2v) is 15.2. The van der Waals surface area contributed by atoms with Gasteiger partial charge in [-0.25, -0.2) is 0 Å². The predicted molar refractivity (Wildman–Crippen MR) is 220 cm³/mol. The fourth-order valence-corrected chi connectivity index (χ4v) is 9.62. The third kappa shape index (κ3) is 4.60. The zero-order chi connectivity index (χ0) is 34.1. The molecule has 0 amide bonds. The van der Waals surface area contributed by atoms with Crippen molar-refractivity contribution in [3.63, 3.8) is 0 Å². The summed E-state index contributed by atoms with van der Waals surface area (Å²) in [4.78, 5) is 2.51. The fraction of sp³-hybridized carbons (Fsp3) is 0.0612. The Bertz CT molecular complexity index is 2800. The average molecular weight is 670 g/mol. The number of hydrogen-bond donors (Lipinski definition) is 0. The maximum atomic E-state index is 2.51. The number of anilines is 3. The van der Waals surface area contributed by atoms with E-state index in [1.807, 2.05) is 11.3 Å². The van der Waals surface area contributed by atoms with Gasteiger partial charge in [0.1, 0.15) is 0 Å². The minimum Gasteiger partial charge on any atom is -0.309 e. The number of hydrogen-bond acceptors (Lipinski definition) is 2. The van der Waals surface area contributed by atoms with Crippen LogP contribution in [0.25, 0.3) is 64.3 Å². The van der Waals surface area contributed by atoms with E-state index in [-0.39, 0.29) is 5.41 Å². The van der Waals surface area contributed by atoms with Crippen molar-refractivity contribution in [2.75, 3.05) is 4.90 Å². The Hall–Kier alpha value is -5.96. The molecule has 1 aromatic heterocycles. The molecule has 51 heavy (non-hydrogen) atoms. The Morgan fingerprint density at radius 1 is 0.412 bits per heavy atom. The molecular formula is C49H35NS. The molecule has 0 saturated heterocycles. The molecule has 0 saturated carbocycles. The van der Waals surface area contributed by atoms with Gasteiger partial charge in [0.15, 0.2) is 0 Å². The predicted octanol–water partition coefficient (Wildman–Crippen LogP) is 14.3. The lowest BCUT2D eigenvalue weighted by Crippen LogP contribution is -2.15. The normalized spacial score (nSPS) is 13.1. The van der Waals surface area contributed by atoms with E-state index < -0.39 is 0 Å². The van der Waals surface area contributed by atoms with Crippen molar-refractivity contribution in [3.05, 3.63) is 187 Å². The summed E-state index contributed by atoms with van der Waals surface area (Å²) < 4.78 is 2.63. The van der Waals surface area contributed by atoms with Crippen LogP contribution in [0.15, 0.2) is 176 Å². The van der Waals surface area contributed by atoms with E-state index in [1.54, 1.807) is 0 Å². The molecule has 1 aliphatic rings. The summed E-state index contributed by atoms with van der Waals surface area (Å²) in [5.41, 5.74) is 13.7. The molecule has 1 aliphatic carbocycles. The first kappa shape index (κ1) is 29.9. The largest absolute Gasteiger partial charge is 0.309 e. The third-order valence-electron chi connectivity index (χ3n) is 10.9. The molecule has 0 bridgehead atoms. The van der Waals surface area contributed by atoms with Gasteiger partial charge >= 0.3 is 0 Å². The van der Waals surface area contributed by atoms with Crippen molar-refractivity contribution in [1.82, 2.24) is 0 Å². The number of thiophene rings is 1. The molecule has 1 heterocycles. The summed E-state index contributed by atoms with van der Waals surface area (Å²) in [6, 6.07) is 64.9. The topological polar surface area (TPSA) is 3.24 Å². The molecule has 0 radical (unpaired) electrons. The summed E-state index contributed by atoms with van der Waals surface area (Å²) in [6.07, 6.45) is 0. The Labute approximate surface area is 302 Å². The monoisotopic (exact) mass is 669 g/mol. The lowest BCUT2D eigenvalue weighted by atomic mass is 9.82. The van der Waals surface area contributed by atoms with E-state index in [4.69, 9.17) is 0 Å². The minimum absolute atomic E-state index is 0.0793. The van der Waals surface area contributed by atoms with Crippen LogP contribution in [0.1, 0.15) is 25.0 Å². The van der Waals surface area contributed by atoms with E-state index >= 15 is 0 Å². The number of rotatable bonds is 5. The van der Waals surface area contributed by atoms with Crippen molar-refractivity contribution in [2.24, 2.45) is 0 Å². The second-order valence-electron chi connectivity index (χ2n) is 14.1. The van der Waals surface area contributed by atoms with Crippen LogP contribution in [-0.2, 0) is 5.41 Å². The minimum atomic E-state index is -0.0793. The lowest BCUT2D eigenvalue weighted by Gasteiger charge is -2.31. The van der Waals surface area contributed by atoms with Crippen molar-refractivity contribution >= 4 is 59.3 Å². The highest BCUT2D eigenvalue weighted by Gasteiger charge is 2.37. The zero-order valence-electron chi connectivity index (χ0n) is 28.6. The van der Waals surface area contributed by atoms with Crippen LogP contribution < -0.4 is 4.90 Å². The molecule has 10 rings (SSSR count). The van der Waals surface area contributed by atoms with Crippen LogP contribution in [-0.4, -0.2) is 0 Å². The Kier molecular flexibility index (Phi) is 6.78. The highest BCUT2D eigenvalue weighted by molar-refractivity contribution is 7.25. The Balaban J connectivity index is 1.25. The van der Waals surface area contributed by atoms with Crippen molar-refractivity contribution in [1.29, 1.82) is 0 Å². The molecule has 1 nitrogen and oxygen atoms in total. The van der Waals surface area contributed by atoms with Gasteiger partial charge in [-0.05, 0) is 69.1 Å². The molecule has 0 unspecified atom stereocenters. The molecule has 0 fully saturated rings. The first-order valence-corrected chi connectivity index (χ1v) is 18.5. The highest BCUT2D eigenvalue weighted by Crippen LogP contribution is 2.54. The number of benzene rings is 8. The van der Waals surface area contributed by atoms with Gasteiger partial charge in [0.25, 0.3) is 0 Å². The van der Waals surface area contributed by atoms with Gasteiger partial charge in [-0.1, -0.05) is 159 Å². The van der Waals surface area contributed by atoms with Crippen LogP contribution >= 0.6 is 11.3 Å². The summed E-state index contributed by atoms with van der Waals surface area (Å²) in [7, 11) is 0. The standard InChI is InChI=1S/C49H35NS/c1-49(2)41-23-9-5-21-40(41)48-39(22-14-24-42(48)49)36-19-7-11-26-45(36)50(44-27-13-16-32-15-3-4-17-34(32)44)43-25-10-6-18-35(43)33-29-30-38-37-20-8-12-28-46(37)51-47(38)31-33/h3-31H,1-2H3. The maximum Gasteiger partial charge on any atom is 0.0540 e. The van der Waals surface area contributed by atoms with Crippen LogP contribution in [0.5, 0.6) is 0 Å². The number of para-hydroxylation sites is 2. The molecule has 8 aromatic carbocycles. The highest BCUT2D eigenvalue weighted by atomic mass is 32.1. The summed E-state index contributed by atoms with van der Waals surface area (Å²) in [5.74, 6) is 0. The van der Waals surface area contributed by atoms with Crippen molar-refractivity contribution < 1.29 is 0 Å². The van der Waals surface area contributed by atoms with Gasteiger partial charge in [-0.2, -0.15) is 0 Å². The van der Waals surface area contributed by atoms with Crippen molar-refractivity contribution in [2.45, 2.75) is 19.3 Å². The zero-order valence-corrected chi connectivity index (χ0v) is 29.4. The average Bonchev–Trinajstić information content (AvgIpc) is 3.67. The lowest BCUT2D eigenvalue weighted by molar-refractivity contribution is 0.660. The second kappa shape index (κ2) is 11.6. The number of nitrogens with zero attached hydrogens (tertiary/aromatic N) is 1. The number of fused-ring (bicyclic) bond motifs is 7. The molecule has 0 N–H and O–H groups in total. The molecular weight excluding hydrogens is 635 g/mol. The maximum absolute atomic E-state index is 2.51. The van der Waals surface area contributed by atoms with Gasteiger partial charge < -0.3 is 4.90 Å². The molecule has 242 valence electrons.